The Kier molecular flexibility index (Phi) is 3.76. The quantitative estimate of drug-likeness (QED) is 0.884. The fraction of sp³-hybridized carbons (Fsp3) is 0.600. The van der Waals surface area contributed by atoms with Crippen LogP contribution in [0.1, 0.15) is 22.7 Å². The Morgan fingerprint density at radius 3 is 2.39 bits per heavy atom. The molecule has 1 heterocycles. The Morgan fingerprint density at radius 1 is 1.33 bits per heavy atom. The average Bonchev–Trinajstić information content (AvgIpc) is 2.24. The molecule has 1 fully saturated rings. The fourth-order valence-corrected chi connectivity index (χ4v) is 3.04. The van der Waals surface area contributed by atoms with Crippen LogP contribution in [0.15, 0.2) is 18.2 Å². The Hall–Kier alpha value is -0.900. The Morgan fingerprint density at radius 2 is 2.00 bits per heavy atom. The van der Waals surface area contributed by atoms with Crippen LogP contribution in [0.25, 0.3) is 0 Å². The van der Waals surface area contributed by atoms with Gasteiger partial charge in [-0.25, -0.2) is 0 Å². The predicted molar refractivity (Wildman–Crippen MR) is 74.7 cm³/mol. The molecule has 1 aromatic carbocycles. The predicted octanol–water partition coefficient (Wildman–Crippen LogP) is 1.88. The SMILES string of the molecule is Cc1ccc(C(N(C)C)C2(CN)COC2)c(C)c1. The molecule has 0 bridgehead atoms. The van der Waals surface area contributed by atoms with Gasteiger partial charge in [-0.05, 0) is 39.1 Å². The molecule has 1 aliphatic rings. The van der Waals surface area contributed by atoms with Gasteiger partial charge >= 0.3 is 0 Å². The van der Waals surface area contributed by atoms with Gasteiger partial charge in [-0.1, -0.05) is 23.8 Å². The van der Waals surface area contributed by atoms with Crippen LogP contribution >= 0.6 is 0 Å². The minimum absolute atomic E-state index is 0.0729. The number of benzene rings is 1. The minimum atomic E-state index is 0.0729. The van der Waals surface area contributed by atoms with E-state index in [1.54, 1.807) is 0 Å². The van der Waals surface area contributed by atoms with Crippen molar-refractivity contribution in [3.8, 4) is 0 Å². The van der Waals surface area contributed by atoms with Crippen molar-refractivity contribution in [2.45, 2.75) is 19.9 Å². The zero-order chi connectivity index (χ0) is 13.3. The number of ether oxygens (including phenoxy) is 1. The highest BCUT2D eigenvalue weighted by molar-refractivity contribution is 5.34. The smallest absolute Gasteiger partial charge is 0.0575 e. The summed E-state index contributed by atoms with van der Waals surface area (Å²) in [6, 6.07) is 7.00. The summed E-state index contributed by atoms with van der Waals surface area (Å²) in [5, 5.41) is 0. The molecule has 0 spiro atoms. The zero-order valence-corrected chi connectivity index (χ0v) is 11.9. The summed E-state index contributed by atoms with van der Waals surface area (Å²) >= 11 is 0. The van der Waals surface area contributed by atoms with E-state index in [9.17, 15) is 0 Å². The van der Waals surface area contributed by atoms with Gasteiger partial charge < -0.3 is 15.4 Å². The normalized spacial score (nSPS) is 19.7. The highest BCUT2D eigenvalue weighted by Gasteiger charge is 2.46. The van der Waals surface area contributed by atoms with E-state index >= 15 is 0 Å². The standard InChI is InChI=1S/C15H24N2O/c1-11-5-6-13(12(2)7-11)14(17(3)4)15(8-16)9-18-10-15/h5-7,14H,8-10,16H2,1-4H3. The first-order valence-electron chi connectivity index (χ1n) is 6.51. The molecule has 1 saturated heterocycles. The van der Waals surface area contributed by atoms with Gasteiger partial charge in [-0.2, -0.15) is 0 Å². The van der Waals surface area contributed by atoms with Crippen molar-refractivity contribution >= 4 is 0 Å². The van der Waals surface area contributed by atoms with Crippen LogP contribution in [0.5, 0.6) is 0 Å². The van der Waals surface area contributed by atoms with Crippen molar-refractivity contribution < 1.29 is 4.74 Å². The van der Waals surface area contributed by atoms with Gasteiger partial charge in [0.1, 0.15) is 0 Å². The lowest BCUT2D eigenvalue weighted by molar-refractivity contribution is -0.145. The van der Waals surface area contributed by atoms with E-state index in [2.05, 4.69) is 51.0 Å². The van der Waals surface area contributed by atoms with Crippen molar-refractivity contribution in [3.05, 3.63) is 34.9 Å². The maximum Gasteiger partial charge on any atom is 0.0575 e. The summed E-state index contributed by atoms with van der Waals surface area (Å²) in [6.45, 7) is 6.51. The average molecular weight is 248 g/mol. The largest absolute Gasteiger partial charge is 0.380 e. The molecular weight excluding hydrogens is 224 g/mol. The number of aryl methyl sites for hydroxylation is 2. The number of hydrogen-bond donors (Lipinski definition) is 1. The summed E-state index contributed by atoms with van der Waals surface area (Å²) in [5.74, 6) is 0. The molecular formula is C15H24N2O. The fourth-order valence-electron chi connectivity index (χ4n) is 3.04. The molecule has 3 nitrogen and oxygen atoms in total. The molecule has 1 unspecified atom stereocenters. The van der Waals surface area contributed by atoms with E-state index in [0.29, 0.717) is 12.6 Å². The Balaban J connectivity index is 2.41. The summed E-state index contributed by atoms with van der Waals surface area (Å²) in [4.78, 5) is 2.27. The lowest BCUT2D eigenvalue weighted by Gasteiger charge is -2.49. The van der Waals surface area contributed by atoms with Crippen molar-refractivity contribution in [1.29, 1.82) is 0 Å². The maximum atomic E-state index is 6.02. The first kappa shape index (κ1) is 13.5. The van der Waals surface area contributed by atoms with Crippen LogP contribution in [0.4, 0.5) is 0 Å². The monoisotopic (exact) mass is 248 g/mol. The first-order valence-corrected chi connectivity index (χ1v) is 6.51. The number of hydrogen-bond acceptors (Lipinski definition) is 3. The van der Waals surface area contributed by atoms with Crippen LogP contribution in [0, 0.1) is 19.3 Å². The first-order chi connectivity index (χ1) is 8.50. The van der Waals surface area contributed by atoms with Gasteiger partial charge in [0, 0.05) is 18.0 Å². The second kappa shape index (κ2) is 5.00. The third-order valence-corrected chi connectivity index (χ3v) is 4.00. The van der Waals surface area contributed by atoms with E-state index in [1.807, 2.05) is 0 Å². The molecule has 0 saturated carbocycles. The van der Waals surface area contributed by atoms with E-state index in [0.717, 1.165) is 13.2 Å². The van der Waals surface area contributed by atoms with Crippen LogP contribution in [0.3, 0.4) is 0 Å². The minimum Gasteiger partial charge on any atom is -0.380 e. The number of rotatable bonds is 4. The van der Waals surface area contributed by atoms with Gasteiger partial charge in [-0.3, -0.25) is 0 Å². The maximum absolute atomic E-state index is 6.02. The molecule has 0 aromatic heterocycles. The number of nitrogens with two attached hydrogens (primary N) is 1. The van der Waals surface area contributed by atoms with Gasteiger partial charge in [-0.15, -0.1) is 0 Å². The molecule has 18 heavy (non-hydrogen) atoms. The Labute approximate surface area is 110 Å². The van der Waals surface area contributed by atoms with Gasteiger partial charge in [0.25, 0.3) is 0 Å². The summed E-state index contributed by atoms with van der Waals surface area (Å²) in [5.41, 5.74) is 10.1. The highest BCUT2D eigenvalue weighted by Crippen LogP contribution is 2.43. The zero-order valence-electron chi connectivity index (χ0n) is 11.9. The third-order valence-electron chi connectivity index (χ3n) is 4.00. The van der Waals surface area contributed by atoms with Crippen LogP contribution in [0.2, 0.25) is 0 Å². The van der Waals surface area contributed by atoms with Crippen molar-refractivity contribution in [2.75, 3.05) is 33.9 Å². The molecule has 2 rings (SSSR count). The molecule has 0 radical (unpaired) electrons. The van der Waals surface area contributed by atoms with Crippen LogP contribution in [-0.4, -0.2) is 38.8 Å². The van der Waals surface area contributed by atoms with E-state index in [1.165, 1.54) is 16.7 Å². The van der Waals surface area contributed by atoms with Gasteiger partial charge in [0.15, 0.2) is 0 Å². The van der Waals surface area contributed by atoms with Crippen LogP contribution < -0.4 is 5.73 Å². The van der Waals surface area contributed by atoms with E-state index in [4.69, 9.17) is 10.5 Å². The molecule has 0 amide bonds. The molecule has 100 valence electrons. The second-order valence-electron chi connectivity index (χ2n) is 5.79. The molecule has 0 aliphatic carbocycles. The molecule has 1 atom stereocenters. The van der Waals surface area contributed by atoms with Gasteiger partial charge in [0.2, 0.25) is 0 Å². The van der Waals surface area contributed by atoms with Crippen molar-refractivity contribution in [1.82, 2.24) is 4.90 Å². The van der Waals surface area contributed by atoms with Crippen LogP contribution in [-0.2, 0) is 4.74 Å². The molecule has 2 N–H and O–H groups in total. The van der Waals surface area contributed by atoms with E-state index < -0.39 is 0 Å². The third kappa shape index (κ3) is 2.18. The highest BCUT2D eigenvalue weighted by atomic mass is 16.5. The molecule has 1 aromatic rings. The van der Waals surface area contributed by atoms with E-state index in [-0.39, 0.29) is 5.41 Å². The molecule has 3 heteroatoms. The molecule has 1 aliphatic heterocycles. The number of nitrogens with zero attached hydrogens (tertiary/aromatic N) is 1. The van der Waals surface area contributed by atoms with Crippen molar-refractivity contribution in [3.63, 3.8) is 0 Å². The topological polar surface area (TPSA) is 38.5 Å². The van der Waals surface area contributed by atoms with Crippen molar-refractivity contribution in [2.24, 2.45) is 11.1 Å². The summed E-state index contributed by atoms with van der Waals surface area (Å²) < 4.78 is 5.44. The lowest BCUT2D eigenvalue weighted by atomic mass is 9.73. The second-order valence-corrected chi connectivity index (χ2v) is 5.79. The summed E-state index contributed by atoms with van der Waals surface area (Å²) in [6.07, 6.45) is 0. The Bertz CT molecular complexity index is 419. The summed E-state index contributed by atoms with van der Waals surface area (Å²) in [7, 11) is 4.25. The van der Waals surface area contributed by atoms with Gasteiger partial charge in [0.05, 0.1) is 13.2 Å². The lowest BCUT2D eigenvalue weighted by Crippen LogP contribution is -2.55.